The number of carbonyl (C=O) groups excluding carboxylic acids is 1. The Morgan fingerprint density at radius 2 is 2.43 bits per heavy atom. The average Bonchev–Trinajstić information content (AvgIpc) is 2.26. The second kappa shape index (κ2) is 5.49. The molecule has 0 aromatic heterocycles. The number of allylic oxidation sites excluding steroid dienone is 2. The SMILES string of the molecule is COC(=O)C(C)C#CC1=CC[CH]CC1. The monoisotopic (exact) mass is 191 g/mol. The molecule has 1 aliphatic carbocycles. The molecular weight excluding hydrogens is 176 g/mol. The van der Waals surface area contributed by atoms with Crippen LogP contribution in [-0.2, 0) is 9.53 Å². The standard InChI is InChI=1S/C12H15O2/c1-10(12(13)14-2)8-9-11-6-4-3-5-7-11/h3,6,10H,4-5,7H2,1-2H3. The van der Waals surface area contributed by atoms with E-state index >= 15 is 0 Å². The van der Waals surface area contributed by atoms with Crippen molar-refractivity contribution in [1.29, 1.82) is 0 Å². The first kappa shape index (κ1) is 10.8. The summed E-state index contributed by atoms with van der Waals surface area (Å²) in [5, 5.41) is 0. The largest absolute Gasteiger partial charge is 0.468 e. The number of carbonyl (C=O) groups is 1. The topological polar surface area (TPSA) is 26.3 Å². The Labute approximate surface area is 85.3 Å². The van der Waals surface area contributed by atoms with Gasteiger partial charge in [-0.05, 0) is 38.2 Å². The van der Waals surface area contributed by atoms with Crippen molar-refractivity contribution in [2.45, 2.75) is 26.2 Å². The fourth-order valence-corrected chi connectivity index (χ4v) is 1.25. The van der Waals surface area contributed by atoms with E-state index in [2.05, 4.69) is 29.1 Å². The second-order valence-electron chi connectivity index (χ2n) is 3.31. The predicted molar refractivity (Wildman–Crippen MR) is 55.2 cm³/mol. The number of ether oxygens (including phenoxy) is 1. The van der Waals surface area contributed by atoms with Gasteiger partial charge in [-0.1, -0.05) is 17.9 Å². The molecule has 1 unspecified atom stereocenters. The molecule has 0 heterocycles. The fraction of sp³-hybridized carbons (Fsp3) is 0.500. The highest BCUT2D eigenvalue weighted by molar-refractivity contribution is 5.75. The molecule has 1 aliphatic rings. The molecule has 0 saturated heterocycles. The maximum Gasteiger partial charge on any atom is 0.320 e. The van der Waals surface area contributed by atoms with Gasteiger partial charge in [0.15, 0.2) is 0 Å². The number of rotatable bonds is 1. The van der Waals surface area contributed by atoms with Gasteiger partial charge < -0.3 is 4.74 Å². The van der Waals surface area contributed by atoms with E-state index in [0.717, 1.165) is 24.8 Å². The summed E-state index contributed by atoms with van der Waals surface area (Å²) >= 11 is 0. The summed E-state index contributed by atoms with van der Waals surface area (Å²) in [6, 6.07) is 0. The zero-order valence-electron chi connectivity index (χ0n) is 8.67. The van der Waals surface area contributed by atoms with E-state index in [-0.39, 0.29) is 11.9 Å². The molecule has 2 heteroatoms. The van der Waals surface area contributed by atoms with Crippen molar-refractivity contribution < 1.29 is 9.53 Å². The van der Waals surface area contributed by atoms with Gasteiger partial charge in [-0.15, -0.1) is 0 Å². The molecule has 0 aliphatic heterocycles. The summed E-state index contributed by atoms with van der Waals surface area (Å²) < 4.78 is 4.58. The van der Waals surface area contributed by atoms with E-state index in [9.17, 15) is 4.79 Å². The Balaban J connectivity index is 2.53. The van der Waals surface area contributed by atoms with Crippen molar-refractivity contribution in [2.24, 2.45) is 5.92 Å². The van der Waals surface area contributed by atoms with Crippen LogP contribution in [0.15, 0.2) is 11.6 Å². The van der Waals surface area contributed by atoms with Crippen LogP contribution in [0.3, 0.4) is 0 Å². The van der Waals surface area contributed by atoms with Crippen LogP contribution in [0.1, 0.15) is 26.2 Å². The first-order valence-corrected chi connectivity index (χ1v) is 4.84. The quantitative estimate of drug-likeness (QED) is 0.468. The minimum absolute atomic E-state index is 0.263. The Bertz CT molecular complexity index is 291. The molecule has 0 bridgehead atoms. The Morgan fingerprint density at radius 3 is 3.00 bits per heavy atom. The molecule has 2 nitrogen and oxygen atoms in total. The molecular formula is C12H15O2. The summed E-state index contributed by atoms with van der Waals surface area (Å²) in [6.07, 6.45) is 7.43. The summed E-state index contributed by atoms with van der Waals surface area (Å²) in [6.45, 7) is 1.76. The van der Waals surface area contributed by atoms with Crippen LogP contribution >= 0.6 is 0 Å². The highest BCUT2D eigenvalue weighted by atomic mass is 16.5. The van der Waals surface area contributed by atoms with Gasteiger partial charge in [0.05, 0.1) is 7.11 Å². The summed E-state index contributed by atoms with van der Waals surface area (Å²) in [5.41, 5.74) is 1.14. The molecule has 1 rings (SSSR count). The van der Waals surface area contributed by atoms with Crippen LogP contribution in [0, 0.1) is 24.2 Å². The molecule has 14 heavy (non-hydrogen) atoms. The normalized spacial score (nSPS) is 17.4. The minimum Gasteiger partial charge on any atom is -0.468 e. The van der Waals surface area contributed by atoms with Crippen LogP contribution in [-0.4, -0.2) is 13.1 Å². The predicted octanol–water partition coefficient (Wildman–Crippen LogP) is 2.11. The number of hydrogen-bond acceptors (Lipinski definition) is 2. The third-order valence-electron chi connectivity index (χ3n) is 2.15. The lowest BCUT2D eigenvalue weighted by atomic mass is 9.99. The van der Waals surface area contributed by atoms with E-state index in [1.807, 2.05) is 0 Å². The van der Waals surface area contributed by atoms with E-state index in [1.165, 1.54) is 7.11 Å². The van der Waals surface area contributed by atoms with E-state index in [1.54, 1.807) is 6.92 Å². The van der Waals surface area contributed by atoms with Crippen molar-refractivity contribution in [1.82, 2.24) is 0 Å². The average molecular weight is 191 g/mol. The summed E-state index contributed by atoms with van der Waals surface area (Å²) in [4.78, 5) is 11.0. The lowest BCUT2D eigenvalue weighted by molar-refractivity contribution is -0.142. The summed E-state index contributed by atoms with van der Waals surface area (Å²) in [7, 11) is 1.38. The van der Waals surface area contributed by atoms with Gasteiger partial charge in [-0.3, -0.25) is 4.79 Å². The van der Waals surface area contributed by atoms with Crippen LogP contribution in [0.2, 0.25) is 0 Å². The third-order valence-corrected chi connectivity index (χ3v) is 2.15. The zero-order chi connectivity index (χ0) is 10.4. The smallest absolute Gasteiger partial charge is 0.320 e. The lowest BCUT2D eigenvalue weighted by Crippen LogP contribution is -2.10. The highest BCUT2D eigenvalue weighted by Gasteiger charge is 2.09. The van der Waals surface area contributed by atoms with Crippen LogP contribution in [0.4, 0.5) is 0 Å². The highest BCUT2D eigenvalue weighted by Crippen LogP contribution is 2.15. The number of hydrogen-bond donors (Lipinski definition) is 0. The molecule has 1 radical (unpaired) electrons. The maximum atomic E-state index is 11.0. The van der Waals surface area contributed by atoms with Crippen LogP contribution < -0.4 is 0 Å². The first-order valence-electron chi connectivity index (χ1n) is 4.84. The van der Waals surface area contributed by atoms with E-state index in [4.69, 9.17) is 0 Å². The number of esters is 1. The van der Waals surface area contributed by atoms with Gasteiger partial charge in [0.2, 0.25) is 0 Å². The molecule has 0 N–H and O–H groups in total. The second-order valence-corrected chi connectivity index (χ2v) is 3.31. The lowest BCUT2D eigenvalue weighted by Gasteiger charge is -2.06. The first-order chi connectivity index (χ1) is 6.74. The molecule has 0 aromatic rings. The molecule has 0 saturated carbocycles. The van der Waals surface area contributed by atoms with Gasteiger partial charge in [0.1, 0.15) is 5.92 Å². The maximum absolute atomic E-state index is 11.0. The van der Waals surface area contributed by atoms with E-state index in [0.29, 0.717) is 0 Å². The molecule has 75 valence electrons. The Morgan fingerprint density at radius 1 is 1.64 bits per heavy atom. The van der Waals surface area contributed by atoms with E-state index < -0.39 is 0 Å². The van der Waals surface area contributed by atoms with Crippen LogP contribution in [0.25, 0.3) is 0 Å². The summed E-state index contributed by atoms with van der Waals surface area (Å²) in [5.74, 6) is 5.33. The van der Waals surface area contributed by atoms with Gasteiger partial charge in [0.25, 0.3) is 0 Å². The molecule has 1 atom stereocenters. The van der Waals surface area contributed by atoms with Crippen molar-refractivity contribution in [3.05, 3.63) is 18.1 Å². The van der Waals surface area contributed by atoms with Crippen molar-refractivity contribution in [3.63, 3.8) is 0 Å². The van der Waals surface area contributed by atoms with Crippen molar-refractivity contribution >= 4 is 5.97 Å². The number of methoxy groups -OCH3 is 1. The zero-order valence-corrected chi connectivity index (χ0v) is 8.67. The van der Waals surface area contributed by atoms with Crippen LogP contribution in [0.5, 0.6) is 0 Å². The molecule has 0 fully saturated rings. The van der Waals surface area contributed by atoms with Gasteiger partial charge in [-0.25, -0.2) is 0 Å². The molecule has 0 amide bonds. The molecule has 0 aromatic carbocycles. The van der Waals surface area contributed by atoms with Gasteiger partial charge in [0, 0.05) is 0 Å². The fourth-order valence-electron chi connectivity index (χ4n) is 1.25. The molecule has 0 spiro atoms. The minimum atomic E-state index is -0.327. The van der Waals surface area contributed by atoms with Gasteiger partial charge in [-0.2, -0.15) is 0 Å². The Hall–Kier alpha value is -1.23. The van der Waals surface area contributed by atoms with Crippen molar-refractivity contribution in [3.8, 4) is 11.8 Å². The van der Waals surface area contributed by atoms with Gasteiger partial charge >= 0.3 is 5.97 Å². The Kier molecular flexibility index (Phi) is 4.25. The third kappa shape index (κ3) is 3.26. The van der Waals surface area contributed by atoms with Crippen molar-refractivity contribution in [2.75, 3.05) is 7.11 Å².